The first-order valence-electron chi connectivity index (χ1n) is 11.4. The van der Waals surface area contributed by atoms with Gasteiger partial charge in [0.05, 0.1) is 0 Å². The highest BCUT2D eigenvalue weighted by Gasteiger charge is 2.67. The fourth-order valence-electron chi connectivity index (χ4n) is 5.81. The molecule has 172 valence electrons. The number of hydrogen-bond acceptors (Lipinski definition) is 4. The molecule has 0 saturated heterocycles. The third-order valence-electron chi connectivity index (χ3n) is 7.39. The normalized spacial score (nSPS) is 23.4. The molecule has 1 heterocycles. The van der Waals surface area contributed by atoms with Crippen LogP contribution in [0.25, 0.3) is 0 Å². The summed E-state index contributed by atoms with van der Waals surface area (Å²) in [6.07, 6.45) is 1.46. The number of aryl methyl sites for hydroxylation is 1. The van der Waals surface area contributed by atoms with Gasteiger partial charge in [0.25, 0.3) is 5.91 Å². The Balaban J connectivity index is 1.25. The first-order valence-corrected chi connectivity index (χ1v) is 11.4. The predicted octanol–water partition coefficient (Wildman–Crippen LogP) is 4.36. The van der Waals surface area contributed by atoms with E-state index in [9.17, 15) is 14.7 Å². The van der Waals surface area contributed by atoms with Crippen molar-refractivity contribution in [2.75, 3.05) is 12.1 Å². The molecule has 7 nitrogen and oxygen atoms in total. The van der Waals surface area contributed by atoms with Crippen LogP contribution in [0.3, 0.4) is 0 Å². The van der Waals surface area contributed by atoms with Crippen LogP contribution in [-0.2, 0) is 18.3 Å². The van der Waals surface area contributed by atoms with Gasteiger partial charge in [-0.15, -0.1) is 0 Å². The van der Waals surface area contributed by atoms with Crippen LogP contribution in [0.2, 0.25) is 0 Å². The molecule has 0 bridgehead atoms. The van der Waals surface area contributed by atoms with E-state index >= 15 is 0 Å². The number of carboxylic acid groups (broad SMARTS) is 1. The van der Waals surface area contributed by atoms with Gasteiger partial charge in [0.1, 0.15) is 0 Å². The van der Waals surface area contributed by atoms with Gasteiger partial charge in [-0.25, -0.2) is 4.79 Å². The molecule has 3 aromatic carbocycles. The van der Waals surface area contributed by atoms with E-state index in [2.05, 4.69) is 16.7 Å². The molecule has 3 aliphatic rings. The quantitative estimate of drug-likeness (QED) is 0.530. The Morgan fingerprint density at radius 1 is 1.00 bits per heavy atom. The lowest BCUT2D eigenvalue weighted by Crippen LogP contribution is -2.29. The number of anilines is 1. The van der Waals surface area contributed by atoms with Gasteiger partial charge in [-0.05, 0) is 78.3 Å². The number of rotatable bonds is 5. The molecule has 0 radical (unpaired) electrons. The lowest BCUT2D eigenvalue weighted by Gasteiger charge is -2.14. The third-order valence-corrected chi connectivity index (χ3v) is 7.39. The maximum atomic E-state index is 12.6. The zero-order valence-electron chi connectivity index (χ0n) is 18.4. The van der Waals surface area contributed by atoms with E-state index in [-0.39, 0.29) is 30.1 Å². The number of carbonyl (C=O) groups excluding carboxylic acids is 1. The lowest BCUT2D eigenvalue weighted by molar-refractivity contribution is 0.102. The number of nitrogens with one attached hydrogen (secondary N) is 2. The average Bonchev–Trinajstić information content (AvgIpc) is 3.16. The summed E-state index contributed by atoms with van der Waals surface area (Å²) in [4.78, 5) is 24.1. The topological polar surface area (TPSA) is 96.9 Å². The van der Waals surface area contributed by atoms with E-state index in [0.29, 0.717) is 5.56 Å². The number of benzene rings is 3. The molecule has 2 aliphatic carbocycles. The van der Waals surface area contributed by atoms with Crippen LogP contribution < -0.4 is 20.1 Å². The SMILES string of the molecule is O=C(O)N[C@@H]1C(Cc2ccc3c(c2)OCO3)[C@@]12CCc1cc(NC(=O)c3ccccc3)ccc12. The molecule has 1 aliphatic heterocycles. The van der Waals surface area contributed by atoms with Crippen molar-refractivity contribution in [2.24, 2.45) is 5.92 Å². The highest BCUT2D eigenvalue weighted by Crippen LogP contribution is 2.62. The Morgan fingerprint density at radius 2 is 1.82 bits per heavy atom. The van der Waals surface area contributed by atoms with E-state index in [1.54, 1.807) is 12.1 Å². The zero-order valence-corrected chi connectivity index (χ0v) is 18.4. The summed E-state index contributed by atoms with van der Waals surface area (Å²) < 4.78 is 10.9. The van der Waals surface area contributed by atoms with Crippen molar-refractivity contribution in [3.8, 4) is 11.5 Å². The molecule has 3 aromatic rings. The molecule has 3 N–H and O–H groups in total. The van der Waals surface area contributed by atoms with Crippen LogP contribution in [0.15, 0.2) is 66.7 Å². The van der Waals surface area contributed by atoms with E-state index in [4.69, 9.17) is 9.47 Å². The first-order chi connectivity index (χ1) is 16.5. The van der Waals surface area contributed by atoms with Crippen LogP contribution >= 0.6 is 0 Å². The molecular weight excluding hydrogens is 432 g/mol. The second-order valence-electron chi connectivity index (χ2n) is 9.16. The molecule has 1 unspecified atom stereocenters. The van der Waals surface area contributed by atoms with E-state index in [1.165, 1.54) is 5.56 Å². The van der Waals surface area contributed by atoms with Gasteiger partial charge >= 0.3 is 6.09 Å². The van der Waals surface area contributed by atoms with Crippen molar-refractivity contribution in [2.45, 2.75) is 30.7 Å². The molecule has 34 heavy (non-hydrogen) atoms. The first kappa shape index (κ1) is 20.6. The monoisotopic (exact) mass is 456 g/mol. The molecule has 1 saturated carbocycles. The molecular formula is C27H24N2O5. The molecule has 2 amide bonds. The Morgan fingerprint density at radius 3 is 2.65 bits per heavy atom. The highest BCUT2D eigenvalue weighted by molar-refractivity contribution is 6.04. The molecule has 7 heteroatoms. The van der Waals surface area contributed by atoms with Gasteiger partial charge in [-0.1, -0.05) is 30.3 Å². The molecule has 6 rings (SSSR count). The van der Waals surface area contributed by atoms with Crippen molar-refractivity contribution in [1.29, 1.82) is 0 Å². The second-order valence-corrected chi connectivity index (χ2v) is 9.16. The summed E-state index contributed by atoms with van der Waals surface area (Å²) >= 11 is 0. The second kappa shape index (κ2) is 7.80. The minimum absolute atomic E-state index is 0.147. The number of amides is 2. The summed E-state index contributed by atoms with van der Waals surface area (Å²) in [5.74, 6) is 1.48. The Hall–Kier alpha value is -4.00. The van der Waals surface area contributed by atoms with Gasteiger partial charge in [0.2, 0.25) is 6.79 Å². The number of ether oxygens (including phenoxy) is 2. The van der Waals surface area contributed by atoms with Crippen LogP contribution in [0, 0.1) is 5.92 Å². The van der Waals surface area contributed by atoms with E-state index < -0.39 is 6.09 Å². The summed E-state index contributed by atoms with van der Waals surface area (Å²) in [6.45, 7) is 0.228. The van der Waals surface area contributed by atoms with Gasteiger partial charge in [0.15, 0.2) is 11.5 Å². The third kappa shape index (κ3) is 3.36. The van der Waals surface area contributed by atoms with Crippen molar-refractivity contribution >= 4 is 17.7 Å². The minimum atomic E-state index is -1.00. The number of carbonyl (C=O) groups is 2. The Bertz CT molecular complexity index is 1290. The van der Waals surface area contributed by atoms with Gasteiger partial charge in [0, 0.05) is 22.7 Å². The highest BCUT2D eigenvalue weighted by atomic mass is 16.7. The lowest BCUT2D eigenvalue weighted by atomic mass is 9.92. The van der Waals surface area contributed by atoms with E-state index in [1.807, 2.05) is 48.5 Å². The van der Waals surface area contributed by atoms with Crippen molar-refractivity contribution in [3.63, 3.8) is 0 Å². The van der Waals surface area contributed by atoms with Crippen molar-refractivity contribution < 1.29 is 24.2 Å². The number of hydrogen-bond donors (Lipinski definition) is 3. The predicted molar refractivity (Wildman–Crippen MR) is 126 cm³/mol. The molecule has 3 atom stereocenters. The van der Waals surface area contributed by atoms with Crippen LogP contribution in [0.1, 0.15) is 33.5 Å². The van der Waals surface area contributed by atoms with Crippen molar-refractivity contribution in [3.05, 3.63) is 89.0 Å². The summed E-state index contributed by atoms with van der Waals surface area (Å²) in [5.41, 5.74) is 4.57. The Kier molecular flexibility index (Phi) is 4.72. The maximum Gasteiger partial charge on any atom is 0.404 e. The Labute approximate surface area is 196 Å². The number of fused-ring (bicyclic) bond motifs is 3. The maximum absolute atomic E-state index is 12.6. The fraction of sp³-hybridized carbons (Fsp3) is 0.259. The standard InChI is InChI=1S/C27H24N2O5/c30-25(17-4-2-1-3-5-17)28-19-7-8-20-18(14-19)10-11-27(20)21(24(27)29-26(31)32)12-16-6-9-22-23(13-16)34-15-33-22/h1-9,13-14,21,24,29H,10-12,15H2,(H,28,30)(H,31,32)/t21?,24-,27+/m1/s1. The smallest absolute Gasteiger partial charge is 0.404 e. The summed E-state index contributed by atoms with van der Waals surface area (Å²) in [6, 6.07) is 20.9. The molecule has 1 fully saturated rings. The average molecular weight is 456 g/mol. The van der Waals surface area contributed by atoms with E-state index in [0.717, 1.165) is 47.6 Å². The van der Waals surface area contributed by atoms with Crippen LogP contribution in [0.5, 0.6) is 11.5 Å². The van der Waals surface area contributed by atoms with Crippen molar-refractivity contribution in [1.82, 2.24) is 5.32 Å². The largest absolute Gasteiger partial charge is 0.465 e. The summed E-state index contributed by atoms with van der Waals surface area (Å²) in [7, 11) is 0. The van der Waals surface area contributed by atoms with Crippen LogP contribution in [0.4, 0.5) is 10.5 Å². The molecule has 0 aromatic heterocycles. The summed E-state index contributed by atoms with van der Waals surface area (Å²) in [5, 5.41) is 15.2. The zero-order chi connectivity index (χ0) is 23.3. The van der Waals surface area contributed by atoms with Gasteiger partial charge in [-0.2, -0.15) is 0 Å². The van der Waals surface area contributed by atoms with Crippen LogP contribution in [-0.4, -0.2) is 29.9 Å². The van der Waals surface area contributed by atoms with Gasteiger partial charge in [-0.3, -0.25) is 4.79 Å². The molecule has 1 spiro atoms. The van der Waals surface area contributed by atoms with Gasteiger partial charge < -0.3 is 25.2 Å². The minimum Gasteiger partial charge on any atom is -0.465 e. The fourth-order valence-corrected chi connectivity index (χ4v) is 5.81.